The van der Waals surface area contributed by atoms with Crippen LogP contribution in [0.2, 0.25) is 0 Å². The predicted octanol–water partition coefficient (Wildman–Crippen LogP) is 1.41. The molecule has 4 heterocycles. The zero-order valence-corrected chi connectivity index (χ0v) is 13.7. The molecule has 0 aromatic carbocycles. The van der Waals surface area contributed by atoms with E-state index in [4.69, 9.17) is 4.42 Å². The Balaban J connectivity index is 1.57. The molecule has 4 aromatic rings. The van der Waals surface area contributed by atoms with Crippen molar-refractivity contribution in [2.45, 2.75) is 17.8 Å². The van der Waals surface area contributed by atoms with Gasteiger partial charge in [0.25, 0.3) is 11.3 Å². The summed E-state index contributed by atoms with van der Waals surface area (Å²) in [5, 5.41) is 12.0. The van der Waals surface area contributed by atoms with Crippen molar-refractivity contribution in [2.75, 3.05) is 0 Å². The Hall–Kier alpha value is -2.88. The van der Waals surface area contributed by atoms with Crippen LogP contribution < -0.4 is 5.56 Å². The third kappa shape index (κ3) is 2.50. The van der Waals surface area contributed by atoms with Gasteiger partial charge in [-0.15, -0.1) is 10.2 Å². The quantitative estimate of drug-likeness (QED) is 0.558. The summed E-state index contributed by atoms with van der Waals surface area (Å²) in [5.74, 6) is 2.82. The third-order valence-corrected chi connectivity index (χ3v) is 4.45. The van der Waals surface area contributed by atoms with E-state index in [0.717, 1.165) is 5.16 Å². The van der Waals surface area contributed by atoms with Gasteiger partial charge in [0.05, 0.1) is 12.0 Å². The third-order valence-electron chi connectivity index (χ3n) is 3.42. The topological polar surface area (TPSA) is 107 Å². The molecule has 9 nitrogen and oxygen atoms in total. The van der Waals surface area contributed by atoms with Crippen molar-refractivity contribution < 1.29 is 4.42 Å². The Labute approximate surface area is 139 Å². The number of aromatic amines is 1. The molecule has 10 heteroatoms. The molecule has 0 saturated heterocycles. The Morgan fingerprint density at radius 1 is 1.33 bits per heavy atom. The van der Waals surface area contributed by atoms with Gasteiger partial charge >= 0.3 is 0 Å². The van der Waals surface area contributed by atoms with E-state index in [1.807, 2.05) is 17.7 Å². The van der Waals surface area contributed by atoms with Gasteiger partial charge in [-0.2, -0.15) is 9.50 Å². The highest BCUT2D eigenvalue weighted by molar-refractivity contribution is 7.98. The van der Waals surface area contributed by atoms with Gasteiger partial charge in [0.1, 0.15) is 5.82 Å². The zero-order valence-electron chi connectivity index (χ0n) is 12.9. The number of furan rings is 1. The minimum atomic E-state index is -0.181. The molecule has 0 spiro atoms. The summed E-state index contributed by atoms with van der Waals surface area (Å²) in [6.45, 7) is 1.76. The maximum atomic E-state index is 11.9. The van der Waals surface area contributed by atoms with Gasteiger partial charge in [0.2, 0.25) is 0 Å². The Bertz CT molecular complexity index is 1060. The second-order valence-electron chi connectivity index (χ2n) is 5.17. The van der Waals surface area contributed by atoms with E-state index in [9.17, 15) is 4.79 Å². The van der Waals surface area contributed by atoms with Gasteiger partial charge in [-0.25, -0.2) is 4.98 Å². The number of nitrogens with zero attached hydrogens (tertiary/aromatic N) is 6. The Morgan fingerprint density at radius 2 is 2.21 bits per heavy atom. The van der Waals surface area contributed by atoms with E-state index < -0.39 is 0 Å². The van der Waals surface area contributed by atoms with E-state index >= 15 is 0 Å². The van der Waals surface area contributed by atoms with Gasteiger partial charge < -0.3 is 8.98 Å². The van der Waals surface area contributed by atoms with E-state index in [1.54, 1.807) is 19.3 Å². The lowest BCUT2D eigenvalue weighted by molar-refractivity contribution is 0.572. The first-order chi connectivity index (χ1) is 11.6. The molecule has 0 unspecified atom stereocenters. The molecule has 0 saturated carbocycles. The average molecular weight is 343 g/mol. The molecule has 24 heavy (non-hydrogen) atoms. The normalized spacial score (nSPS) is 11.4. The minimum absolute atomic E-state index is 0.181. The lowest BCUT2D eigenvalue weighted by Gasteiger charge is -2.00. The van der Waals surface area contributed by atoms with Crippen molar-refractivity contribution in [3.05, 3.63) is 46.3 Å². The van der Waals surface area contributed by atoms with Crippen molar-refractivity contribution in [1.82, 2.24) is 34.3 Å². The zero-order chi connectivity index (χ0) is 16.7. The van der Waals surface area contributed by atoms with E-state index in [1.165, 1.54) is 22.3 Å². The maximum absolute atomic E-state index is 11.9. The summed E-state index contributed by atoms with van der Waals surface area (Å²) in [6.07, 6.45) is 1.60. The first-order valence-electron chi connectivity index (χ1n) is 7.13. The summed E-state index contributed by atoms with van der Waals surface area (Å²) in [7, 11) is 1.87. The number of rotatable bonds is 4. The van der Waals surface area contributed by atoms with Gasteiger partial charge in [-0.3, -0.25) is 9.89 Å². The van der Waals surface area contributed by atoms with Gasteiger partial charge in [0.15, 0.2) is 16.7 Å². The SMILES string of the molecule is Cc1cc(=O)n2[nH]c(CSc3nnc(-c4ccco4)n3C)nc2n1. The molecule has 0 atom stereocenters. The number of hydrogen-bond acceptors (Lipinski definition) is 7. The molecule has 1 N–H and O–H groups in total. The minimum Gasteiger partial charge on any atom is -0.461 e. The second-order valence-corrected chi connectivity index (χ2v) is 6.12. The Morgan fingerprint density at radius 3 is 3.00 bits per heavy atom. The van der Waals surface area contributed by atoms with Crippen LogP contribution in [0.3, 0.4) is 0 Å². The van der Waals surface area contributed by atoms with Crippen LogP contribution in [0, 0.1) is 6.92 Å². The molecule has 0 fully saturated rings. The fourth-order valence-corrected chi connectivity index (χ4v) is 3.07. The number of H-pyrrole nitrogens is 1. The van der Waals surface area contributed by atoms with Crippen LogP contribution in [0.1, 0.15) is 11.5 Å². The van der Waals surface area contributed by atoms with Crippen molar-refractivity contribution in [1.29, 1.82) is 0 Å². The number of nitrogens with one attached hydrogen (secondary N) is 1. The largest absolute Gasteiger partial charge is 0.461 e. The highest BCUT2D eigenvalue weighted by Gasteiger charge is 2.14. The molecule has 0 aliphatic carbocycles. The molecular weight excluding hydrogens is 330 g/mol. The summed E-state index contributed by atoms with van der Waals surface area (Å²) >= 11 is 1.45. The van der Waals surface area contributed by atoms with E-state index in [0.29, 0.717) is 34.6 Å². The van der Waals surface area contributed by atoms with Crippen molar-refractivity contribution in [3.63, 3.8) is 0 Å². The standard InChI is InChI=1S/C14H13N7O2S/c1-8-6-11(22)21-13(15-8)16-10(19-21)7-24-14-18-17-12(20(14)2)9-4-3-5-23-9/h3-6H,7H2,1-2H3,(H,15,16,19). The lowest BCUT2D eigenvalue weighted by Crippen LogP contribution is -2.14. The first kappa shape index (κ1) is 14.7. The molecule has 0 amide bonds. The van der Waals surface area contributed by atoms with Crippen LogP contribution in [-0.2, 0) is 12.8 Å². The molecule has 0 radical (unpaired) electrons. The monoisotopic (exact) mass is 343 g/mol. The smallest absolute Gasteiger partial charge is 0.274 e. The number of aromatic nitrogens is 7. The molecule has 122 valence electrons. The number of aryl methyl sites for hydroxylation is 1. The van der Waals surface area contributed by atoms with Gasteiger partial charge in [-0.1, -0.05) is 11.8 Å². The predicted molar refractivity (Wildman–Crippen MR) is 86.6 cm³/mol. The van der Waals surface area contributed by atoms with Crippen LogP contribution in [0.4, 0.5) is 0 Å². The van der Waals surface area contributed by atoms with Crippen LogP contribution in [0.5, 0.6) is 0 Å². The van der Waals surface area contributed by atoms with Crippen LogP contribution in [0.15, 0.2) is 38.8 Å². The molecule has 4 aromatic heterocycles. The number of thioether (sulfide) groups is 1. The summed E-state index contributed by atoms with van der Waals surface area (Å²) in [6, 6.07) is 5.09. The molecule has 0 aliphatic heterocycles. The molecule has 0 aliphatic rings. The number of hydrogen-bond donors (Lipinski definition) is 1. The highest BCUT2D eigenvalue weighted by atomic mass is 32.2. The fourth-order valence-electron chi connectivity index (χ4n) is 2.30. The molecule has 4 rings (SSSR count). The van der Waals surface area contributed by atoms with E-state index in [2.05, 4.69) is 25.3 Å². The maximum Gasteiger partial charge on any atom is 0.274 e. The Kier molecular flexibility index (Phi) is 3.45. The summed E-state index contributed by atoms with van der Waals surface area (Å²) in [5.41, 5.74) is 0.460. The van der Waals surface area contributed by atoms with Crippen LogP contribution in [0.25, 0.3) is 17.4 Å². The summed E-state index contributed by atoms with van der Waals surface area (Å²) in [4.78, 5) is 20.5. The first-order valence-corrected chi connectivity index (χ1v) is 8.12. The molecular formula is C14H13N7O2S. The fraction of sp³-hybridized carbons (Fsp3) is 0.214. The van der Waals surface area contributed by atoms with Crippen molar-refractivity contribution in [2.24, 2.45) is 7.05 Å². The highest BCUT2D eigenvalue weighted by Crippen LogP contribution is 2.24. The van der Waals surface area contributed by atoms with E-state index in [-0.39, 0.29) is 5.56 Å². The van der Waals surface area contributed by atoms with Crippen LogP contribution in [-0.4, -0.2) is 34.3 Å². The van der Waals surface area contributed by atoms with Crippen LogP contribution >= 0.6 is 11.8 Å². The molecule has 0 bridgehead atoms. The van der Waals surface area contributed by atoms with Crippen molar-refractivity contribution >= 4 is 17.5 Å². The lowest BCUT2D eigenvalue weighted by atomic mass is 10.4. The average Bonchev–Trinajstić information content (AvgIpc) is 3.24. The van der Waals surface area contributed by atoms with Gasteiger partial charge in [0, 0.05) is 18.8 Å². The second kappa shape index (κ2) is 5.64. The summed E-state index contributed by atoms with van der Waals surface area (Å²) < 4.78 is 8.52. The van der Waals surface area contributed by atoms with Gasteiger partial charge in [-0.05, 0) is 19.1 Å². The number of fused-ring (bicyclic) bond motifs is 1. The van der Waals surface area contributed by atoms with Crippen molar-refractivity contribution in [3.8, 4) is 11.6 Å².